The third-order valence-corrected chi connectivity index (χ3v) is 6.11. The van der Waals surface area contributed by atoms with Crippen molar-refractivity contribution in [3.63, 3.8) is 0 Å². The number of carbonyl (C=O) groups is 1. The summed E-state index contributed by atoms with van der Waals surface area (Å²) in [5.41, 5.74) is 6.42. The summed E-state index contributed by atoms with van der Waals surface area (Å²) in [6.45, 7) is 5.46. The van der Waals surface area contributed by atoms with Crippen LogP contribution >= 0.6 is 11.3 Å². The minimum absolute atomic E-state index is 0.0763. The fourth-order valence-electron chi connectivity index (χ4n) is 3.49. The van der Waals surface area contributed by atoms with Crippen molar-refractivity contribution in [1.29, 1.82) is 0 Å². The third kappa shape index (κ3) is 3.69. The highest BCUT2D eigenvalue weighted by Crippen LogP contribution is 2.31. The molecule has 32 heavy (non-hydrogen) atoms. The van der Waals surface area contributed by atoms with Gasteiger partial charge in [0.05, 0.1) is 23.9 Å². The molecule has 0 fully saturated rings. The van der Waals surface area contributed by atoms with Crippen LogP contribution in [0.25, 0.3) is 27.0 Å². The van der Waals surface area contributed by atoms with Gasteiger partial charge < -0.3 is 10.8 Å². The van der Waals surface area contributed by atoms with E-state index < -0.39 is 23.9 Å². The summed E-state index contributed by atoms with van der Waals surface area (Å²) in [6, 6.07) is 8.13. The van der Waals surface area contributed by atoms with Gasteiger partial charge in [-0.2, -0.15) is 9.78 Å². The maximum Gasteiger partial charge on any atom is 0.282 e. The lowest BCUT2D eigenvalue weighted by Crippen LogP contribution is -2.24. The molecule has 0 radical (unpaired) electrons. The van der Waals surface area contributed by atoms with Crippen LogP contribution in [-0.4, -0.2) is 25.8 Å². The van der Waals surface area contributed by atoms with Crippen molar-refractivity contribution in [3.05, 3.63) is 74.9 Å². The second-order valence-corrected chi connectivity index (χ2v) is 9.26. The number of aliphatic hydroxyl groups excluding tert-OH is 1. The Morgan fingerprint density at radius 3 is 2.66 bits per heavy atom. The number of hydrogen-bond acceptors (Lipinski definition) is 6. The molecule has 7 nitrogen and oxygen atoms in total. The molecule has 0 unspecified atom stereocenters. The fourth-order valence-corrected chi connectivity index (χ4v) is 4.35. The molecule has 3 N–H and O–H groups in total. The van der Waals surface area contributed by atoms with Gasteiger partial charge in [-0.25, -0.2) is 9.37 Å². The van der Waals surface area contributed by atoms with Crippen LogP contribution in [0.4, 0.5) is 4.39 Å². The van der Waals surface area contributed by atoms with E-state index in [9.17, 15) is 19.1 Å². The highest BCUT2D eigenvalue weighted by atomic mass is 32.1. The number of nitrogens with zero attached hydrogens (tertiary/aromatic N) is 3. The molecule has 9 heteroatoms. The molecule has 0 saturated heterocycles. The summed E-state index contributed by atoms with van der Waals surface area (Å²) in [5, 5.41) is 16.7. The van der Waals surface area contributed by atoms with Crippen LogP contribution < -0.4 is 11.3 Å². The second kappa shape index (κ2) is 7.92. The lowest BCUT2D eigenvalue weighted by molar-refractivity contribution is 0.0996. The molecule has 2 aromatic heterocycles. The van der Waals surface area contributed by atoms with E-state index in [1.165, 1.54) is 29.0 Å². The van der Waals surface area contributed by atoms with Crippen molar-refractivity contribution in [2.75, 3.05) is 0 Å². The quantitative estimate of drug-likeness (QED) is 0.492. The van der Waals surface area contributed by atoms with Crippen molar-refractivity contribution < 1.29 is 14.3 Å². The molecule has 4 aromatic rings. The van der Waals surface area contributed by atoms with E-state index in [0.717, 1.165) is 10.2 Å². The summed E-state index contributed by atoms with van der Waals surface area (Å²) in [4.78, 5) is 28.8. The second-order valence-electron chi connectivity index (χ2n) is 8.40. The zero-order valence-electron chi connectivity index (χ0n) is 17.7. The lowest BCUT2D eigenvalue weighted by Gasteiger charge is -2.20. The highest BCUT2D eigenvalue weighted by Gasteiger charge is 2.21. The predicted octanol–water partition coefficient (Wildman–Crippen LogP) is 3.54. The summed E-state index contributed by atoms with van der Waals surface area (Å²) in [7, 11) is 0. The Hall–Kier alpha value is -3.43. The van der Waals surface area contributed by atoms with E-state index in [-0.39, 0.29) is 16.5 Å². The number of halogens is 1. The van der Waals surface area contributed by atoms with Crippen LogP contribution in [0.1, 0.15) is 42.4 Å². The average molecular weight is 453 g/mol. The van der Waals surface area contributed by atoms with Gasteiger partial charge in [-0.1, -0.05) is 32.9 Å². The number of aromatic nitrogens is 3. The molecule has 0 atom stereocenters. The first-order valence-corrected chi connectivity index (χ1v) is 10.7. The van der Waals surface area contributed by atoms with Crippen LogP contribution in [0.3, 0.4) is 0 Å². The Bertz CT molecular complexity index is 1420. The maximum atomic E-state index is 15.0. The van der Waals surface area contributed by atoms with Crippen LogP contribution in [0.15, 0.2) is 46.7 Å². The Kier molecular flexibility index (Phi) is 5.39. The minimum Gasteiger partial charge on any atom is -0.392 e. The average Bonchev–Trinajstić information content (AvgIpc) is 3.23. The van der Waals surface area contributed by atoms with Crippen LogP contribution in [0, 0.1) is 5.82 Å². The van der Waals surface area contributed by atoms with Crippen LogP contribution in [-0.2, 0) is 12.0 Å². The van der Waals surface area contributed by atoms with E-state index >= 15 is 0 Å². The van der Waals surface area contributed by atoms with Gasteiger partial charge in [0.1, 0.15) is 16.5 Å². The molecule has 0 spiro atoms. The third-order valence-electron chi connectivity index (χ3n) is 5.23. The summed E-state index contributed by atoms with van der Waals surface area (Å²) in [5.74, 6) is -1.28. The summed E-state index contributed by atoms with van der Waals surface area (Å²) >= 11 is 1.19. The molecule has 0 aliphatic carbocycles. The van der Waals surface area contributed by atoms with Gasteiger partial charge in [-0.15, -0.1) is 11.3 Å². The summed E-state index contributed by atoms with van der Waals surface area (Å²) in [6.07, 6.45) is 1.44. The Morgan fingerprint density at radius 1 is 1.28 bits per heavy atom. The fraction of sp³-hybridized carbons (Fsp3) is 0.217. The number of primary amides is 1. The van der Waals surface area contributed by atoms with Crippen LogP contribution in [0.2, 0.25) is 0 Å². The van der Waals surface area contributed by atoms with Crippen LogP contribution in [0.5, 0.6) is 0 Å². The van der Waals surface area contributed by atoms with Gasteiger partial charge in [-0.3, -0.25) is 9.59 Å². The predicted molar refractivity (Wildman–Crippen MR) is 122 cm³/mol. The number of benzene rings is 2. The van der Waals surface area contributed by atoms with Gasteiger partial charge in [0.15, 0.2) is 0 Å². The van der Waals surface area contributed by atoms with Gasteiger partial charge in [0, 0.05) is 21.9 Å². The standard InChI is InChI=1S/C23H21FN4O3S/c1-23(2,3)13-7-12-9-26-28(22(31)19(12)16(24)8-13)18-6-4-5-14(15(18)10-29)21-27-17(11-32-21)20(25)30/h4-9,11,29H,10H2,1-3H3,(H2,25,30). The van der Waals surface area contributed by atoms with E-state index in [1.807, 2.05) is 20.8 Å². The molecule has 164 valence electrons. The largest absolute Gasteiger partial charge is 0.392 e. The topological polar surface area (TPSA) is 111 Å². The smallest absolute Gasteiger partial charge is 0.282 e. The maximum absolute atomic E-state index is 15.0. The van der Waals surface area contributed by atoms with E-state index in [1.54, 1.807) is 24.3 Å². The van der Waals surface area contributed by atoms with Gasteiger partial charge in [-0.05, 0) is 29.2 Å². The van der Waals surface area contributed by atoms with Gasteiger partial charge >= 0.3 is 0 Å². The van der Waals surface area contributed by atoms with Crippen molar-refractivity contribution in [1.82, 2.24) is 14.8 Å². The molecule has 1 amide bonds. The van der Waals surface area contributed by atoms with E-state index in [2.05, 4.69) is 10.1 Å². The molecule has 0 aliphatic heterocycles. The lowest BCUT2D eigenvalue weighted by atomic mass is 9.86. The Labute approximate surface area is 187 Å². The zero-order valence-corrected chi connectivity index (χ0v) is 18.5. The molecular weight excluding hydrogens is 431 g/mol. The van der Waals surface area contributed by atoms with Crippen molar-refractivity contribution in [2.24, 2.45) is 5.73 Å². The number of rotatable bonds is 4. The molecular formula is C23H21FN4O3S. The minimum atomic E-state index is -0.660. The normalized spacial score (nSPS) is 11.8. The number of carbonyl (C=O) groups excluding carboxylic acids is 1. The van der Waals surface area contributed by atoms with Crippen molar-refractivity contribution in [3.8, 4) is 16.3 Å². The summed E-state index contributed by atoms with van der Waals surface area (Å²) < 4.78 is 16.1. The number of hydrogen-bond donors (Lipinski definition) is 2. The SMILES string of the molecule is CC(C)(C)c1cc(F)c2c(=O)n(-c3cccc(-c4nc(C(N)=O)cs4)c3CO)ncc2c1. The van der Waals surface area contributed by atoms with Crippen molar-refractivity contribution in [2.45, 2.75) is 32.8 Å². The van der Waals surface area contributed by atoms with E-state index in [4.69, 9.17) is 5.73 Å². The van der Waals surface area contributed by atoms with E-state index in [0.29, 0.717) is 27.2 Å². The zero-order chi connectivity index (χ0) is 23.2. The number of nitrogens with two attached hydrogens (primary N) is 1. The first kappa shape index (κ1) is 21.8. The first-order valence-electron chi connectivity index (χ1n) is 9.82. The first-order chi connectivity index (χ1) is 15.1. The number of aliphatic hydroxyl groups is 1. The number of thiazole rings is 1. The Balaban J connectivity index is 1.93. The highest BCUT2D eigenvalue weighted by molar-refractivity contribution is 7.13. The van der Waals surface area contributed by atoms with Gasteiger partial charge in [0.25, 0.3) is 11.5 Å². The molecule has 2 heterocycles. The molecule has 4 rings (SSSR count). The molecule has 0 bridgehead atoms. The number of fused-ring (bicyclic) bond motifs is 1. The molecule has 2 aromatic carbocycles. The molecule has 0 saturated carbocycles. The monoisotopic (exact) mass is 452 g/mol. The Morgan fingerprint density at radius 2 is 2.03 bits per heavy atom. The molecule has 0 aliphatic rings. The van der Waals surface area contributed by atoms with Crippen molar-refractivity contribution >= 4 is 28.0 Å². The van der Waals surface area contributed by atoms with Gasteiger partial charge in [0.2, 0.25) is 0 Å². The number of amides is 1.